The van der Waals surface area contributed by atoms with E-state index in [9.17, 15) is 10.1 Å². The van der Waals surface area contributed by atoms with Crippen molar-refractivity contribution >= 4 is 40.1 Å². The number of fused-ring (bicyclic) bond motifs is 2. The van der Waals surface area contributed by atoms with Gasteiger partial charge in [0.15, 0.2) is 6.07 Å². The zero-order valence-corrected chi connectivity index (χ0v) is 19.5. The normalized spacial score (nSPS) is 10.9. The Morgan fingerprint density at radius 2 is 1.49 bits per heavy atom. The van der Waals surface area contributed by atoms with Crippen LogP contribution in [-0.2, 0) is 24.0 Å². The van der Waals surface area contributed by atoms with E-state index in [1.807, 2.05) is 60.7 Å². The van der Waals surface area contributed by atoms with Crippen LogP contribution in [0.25, 0.3) is 34.1 Å². The standard InChI is InChI=1S/C28H20N2O7/c29-18-22(17-25-16-21-6-2-4-8-27(21)36-25)28(31)33-13-11-32-12-14-34-37-24(19-30)10-9-23-15-20-5-1-3-7-26(20)35-23/h1-9,15-17H,11-14H2. The number of rotatable bonds is 11. The number of furan rings is 2. The lowest BCUT2D eigenvalue weighted by molar-refractivity contribution is -0.263. The number of carbonyl (C=O) groups excluding carboxylic acids is 1. The average molecular weight is 496 g/mol. The van der Waals surface area contributed by atoms with E-state index >= 15 is 0 Å². The molecule has 2 aromatic heterocycles. The van der Waals surface area contributed by atoms with E-state index in [2.05, 4.69) is 5.73 Å². The van der Waals surface area contributed by atoms with Crippen molar-refractivity contribution in [2.45, 2.75) is 0 Å². The van der Waals surface area contributed by atoms with Crippen molar-refractivity contribution in [3.63, 3.8) is 0 Å². The molecule has 4 rings (SSSR count). The minimum absolute atomic E-state index is 0.0147. The molecule has 0 spiro atoms. The first-order valence-corrected chi connectivity index (χ1v) is 11.2. The number of allylic oxidation sites excluding steroid dienone is 1. The van der Waals surface area contributed by atoms with Crippen LogP contribution >= 0.6 is 0 Å². The smallest absolute Gasteiger partial charge is 0.349 e. The number of hydrogen-bond donors (Lipinski definition) is 0. The molecule has 9 heteroatoms. The van der Waals surface area contributed by atoms with Crippen LogP contribution in [0.4, 0.5) is 0 Å². The van der Waals surface area contributed by atoms with Gasteiger partial charge in [-0.25, -0.2) is 4.79 Å². The molecule has 0 saturated carbocycles. The topological polar surface area (TPSA) is 128 Å². The first-order valence-electron chi connectivity index (χ1n) is 11.2. The fraction of sp³-hybridized carbons (Fsp3) is 0.143. The lowest BCUT2D eigenvalue weighted by atomic mass is 10.2. The number of esters is 1. The van der Waals surface area contributed by atoms with E-state index < -0.39 is 5.97 Å². The summed E-state index contributed by atoms with van der Waals surface area (Å²) in [7, 11) is 0. The zero-order valence-electron chi connectivity index (χ0n) is 19.5. The molecule has 37 heavy (non-hydrogen) atoms. The van der Waals surface area contributed by atoms with Crippen LogP contribution in [0.15, 0.2) is 86.6 Å². The molecule has 9 nitrogen and oxygen atoms in total. The Kier molecular flexibility index (Phi) is 8.53. The molecule has 0 radical (unpaired) electrons. The lowest BCUT2D eigenvalue weighted by Gasteiger charge is -2.05. The van der Waals surface area contributed by atoms with Gasteiger partial charge in [-0.3, -0.25) is 0 Å². The molecule has 2 aromatic carbocycles. The summed E-state index contributed by atoms with van der Waals surface area (Å²) in [6, 6.07) is 22.0. The molecule has 0 bridgehead atoms. The van der Waals surface area contributed by atoms with Gasteiger partial charge in [-0.1, -0.05) is 42.1 Å². The van der Waals surface area contributed by atoms with Gasteiger partial charge in [0.05, 0.1) is 13.2 Å². The molecule has 0 atom stereocenters. The highest BCUT2D eigenvalue weighted by Gasteiger charge is 2.12. The van der Waals surface area contributed by atoms with Crippen LogP contribution in [-0.4, -0.2) is 32.4 Å². The van der Waals surface area contributed by atoms with Gasteiger partial charge in [0, 0.05) is 22.9 Å². The van der Waals surface area contributed by atoms with E-state index in [4.69, 9.17) is 33.3 Å². The minimum atomic E-state index is -0.786. The van der Waals surface area contributed by atoms with Gasteiger partial charge >= 0.3 is 5.97 Å². The number of hydrogen-bond acceptors (Lipinski definition) is 9. The first kappa shape index (κ1) is 25.1. The average Bonchev–Trinajstić information content (AvgIpc) is 3.53. The maximum atomic E-state index is 12.1. The summed E-state index contributed by atoms with van der Waals surface area (Å²) in [5.74, 6) is -0.0791. The van der Waals surface area contributed by atoms with Crippen molar-refractivity contribution in [2.75, 3.05) is 26.4 Å². The zero-order chi connectivity index (χ0) is 25.9. The first-order chi connectivity index (χ1) is 18.2. The van der Waals surface area contributed by atoms with Gasteiger partial charge in [-0.2, -0.15) is 15.4 Å². The van der Waals surface area contributed by atoms with Crippen molar-refractivity contribution in [3.8, 4) is 12.1 Å². The molecule has 0 aliphatic rings. The SMILES string of the molecule is N#CC(=C=Cc1cc2ccccc2o1)OOCCOCCOC(=O)C(C#N)=Cc1cc2ccccc2o1. The quantitative estimate of drug-likeness (QED) is 0.0396. The maximum Gasteiger partial charge on any atom is 0.349 e. The monoisotopic (exact) mass is 496 g/mol. The highest BCUT2D eigenvalue weighted by atomic mass is 17.2. The number of benzene rings is 2. The van der Waals surface area contributed by atoms with Crippen LogP contribution < -0.4 is 0 Å². The van der Waals surface area contributed by atoms with Gasteiger partial charge < -0.3 is 23.2 Å². The number of nitrogens with zero attached hydrogens (tertiary/aromatic N) is 2. The largest absolute Gasteiger partial charge is 0.459 e. The molecule has 2 heterocycles. The number of nitriles is 2. The van der Waals surface area contributed by atoms with Crippen molar-refractivity contribution in [3.05, 3.63) is 89.2 Å². The summed E-state index contributed by atoms with van der Waals surface area (Å²) in [5.41, 5.74) is 3.85. The minimum Gasteiger partial charge on any atom is -0.459 e. The highest BCUT2D eigenvalue weighted by Crippen LogP contribution is 2.21. The second-order valence-corrected chi connectivity index (χ2v) is 7.43. The second kappa shape index (κ2) is 12.6. The van der Waals surface area contributed by atoms with Gasteiger partial charge in [0.2, 0.25) is 0 Å². The molecule has 0 aliphatic heterocycles. The Bertz CT molecular complexity index is 1510. The molecule has 184 valence electrons. The van der Waals surface area contributed by atoms with E-state index in [1.165, 1.54) is 12.2 Å². The molecule has 0 fully saturated rings. The molecule has 0 aliphatic carbocycles. The summed E-state index contributed by atoms with van der Waals surface area (Å²) in [6.45, 7) is 0.137. The van der Waals surface area contributed by atoms with Crippen LogP contribution in [0.3, 0.4) is 0 Å². The highest BCUT2D eigenvalue weighted by molar-refractivity contribution is 5.98. The Labute approximate surface area is 211 Å². The van der Waals surface area contributed by atoms with Gasteiger partial charge in [0.25, 0.3) is 5.76 Å². The third kappa shape index (κ3) is 6.98. The Balaban J connectivity index is 1.15. The third-order valence-electron chi connectivity index (χ3n) is 4.88. The molecule has 4 aromatic rings. The fourth-order valence-electron chi connectivity index (χ4n) is 3.20. The number of carbonyl (C=O) groups is 1. The van der Waals surface area contributed by atoms with Gasteiger partial charge in [-0.15, -0.1) is 0 Å². The van der Waals surface area contributed by atoms with Crippen LogP contribution in [0, 0.1) is 22.7 Å². The van der Waals surface area contributed by atoms with Crippen molar-refractivity contribution in [1.82, 2.24) is 0 Å². The fourth-order valence-corrected chi connectivity index (χ4v) is 3.20. The molecule has 0 unspecified atom stereocenters. The van der Waals surface area contributed by atoms with Crippen LogP contribution in [0.1, 0.15) is 11.5 Å². The molecular weight excluding hydrogens is 476 g/mol. The second-order valence-electron chi connectivity index (χ2n) is 7.43. The van der Waals surface area contributed by atoms with Crippen molar-refractivity contribution in [2.24, 2.45) is 0 Å². The summed E-state index contributed by atoms with van der Waals surface area (Å²) in [4.78, 5) is 22.0. The lowest BCUT2D eigenvalue weighted by Crippen LogP contribution is -2.13. The van der Waals surface area contributed by atoms with Crippen molar-refractivity contribution in [1.29, 1.82) is 10.5 Å². The Morgan fingerprint density at radius 1 is 0.838 bits per heavy atom. The van der Waals surface area contributed by atoms with E-state index in [0.717, 1.165) is 16.4 Å². The summed E-state index contributed by atoms with van der Waals surface area (Å²) >= 11 is 0. The molecule has 0 N–H and O–H groups in total. The Hall–Kier alpha value is -5.05. The molecule has 0 amide bonds. The van der Waals surface area contributed by atoms with E-state index in [-0.39, 0.29) is 37.8 Å². The van der Waals surface area contributed by atoms with Gasteiger partial charge in [-0.05, 0) is 24.3 Å². The third-order valence-corrected chi connectivity index (χ3v) is 4.88. The van der Waals surface area contributed by atoms with Crippen molar-refractivity contribution < 1.29 is 32.9 Å². The Morgan fingerprint density at radius 3 is 2.16 bits per heavy atom. The summed E-state index contributed by atoms with van der Waals surface area (Å²) in [5, 5.41) is 20.2. The number of para-hydroxylation sites is 2. The summed E-state index contributed by atoms with van der Waals surface area (Å²) < 4.78 is 21.5. The van der Waals surface area contributed by atoms with Gasteiger partial charge in [0.1, 0.15) is 47.5 Å². The maximum absolute atomic E-state index is 12.1. The number of ether oxygens (including phenoxy) is 2. The predicted molar refractivity (Wildman–Crippen MR) is 132 cm³/mol. The summed E-state index contributed by atoms with van der Waals surface area (Å²) in [6.07, 6.45) is 2.81. The predicted octanol–water partition coefficient (Wildman–Crippen LogP) is 5.31. The van der Waals surface area contributed by atoms with E-state index in [0.29, 0.717) is 17.1 Å². The van der Waals surface area contributed by atoms with Crippen LogP contribution in [0.2, 0.25) is 0 Å². The van der Waals surface area contributed by atoms with E-state index in [1.54, 1.807) is 12.1 Å². The van der Waals surface area contributed by atoms with Crippen LogP contribution in [0.5, 0.6) is 0 Å². The molecule has 0 saturated heterocycles. The molecular formula is C28H20N2O7.